The monoisotopic (exact) mass is 262 g/mol. The zero-order chi connectivity index (χ0) is 12.7. The Bertz CT molecular complexity index is 862. The zero-order valence-electron chi connectivity index (χ0n) is 10.3. The number of thiazole rings is 1. The summed E-state index contributed by atoms with van der Waals surface area (Å²) in [4.78, 5) is 1.28. The van der Waals surface area contributed by atoms with E-state index in [1.807, 2.05) is 0 Å². The lowest BCUT2D eigenvalue weighted by molar-refractivity contribution is -0.464. The van der Waals surface area contributed by atoms with Gasteiger partial charge in [0.2, 0.25) is 11.2 Å². The summed E-state index contributed by atoms with van der Waals surface area (Å²) in [6.07, 6.45) is 0. The largest absolute Gasteiger partial charge is 0.268 e. The smallest absolute Gasteiger partial charge is 0.143 e. The predicted molar refractivity (Wildman–Crippen MR) is 80.4 cm³/mol. The van der Waals surface area contributed by atoms with E-state index in [-0.39, 0.29) is 0 Å². The van der Waals surface area contributed by atoms with Gasteiger partial charge >= 0.3 is 0 Å². The first kappa shape index (κ1) is 10.7. The lowest BCUT2D eigenvalue weighted by Crippen LogP contribution is -2.22. The Morgan fingerprint density at radius 3 is 2.42 bits per heavy atom. The fraction of sp³-hybridized carbons (Fsp3) is 0. The molecule has 0 bridgehead atoms. The Morgan fingerprint density at radius 1 is 0.737 bits per heavy atom. The third-order valence-corrected chi connectivity index (χ3v) is 4.31. The molecule has 0 spiro atoms. The third-order valence-electron chi connectivity index (χ3n) is 3.41. The number of fused-ring (bicyclic) bond motifs is 3. The van der Waals surface area contributed by atoms with Gasteiger partial charge in [0, 0.05) is 23.1 Å². The molecule has 2 aromatic heterocycles. The summed E-state index contributed by atoms with van der Waals surface area (Å²) in [6, 6.07) is 23.5. The van der Waals surface area contributed by atoms with Crippen LogP contribution in [0.5, 0.6) is 0 Å². The molecule has 0 N–H and O–H groups in total. The molecule has 0 aliphatic heterocycles. The van der Waals surface area contributed by atoms with Crippen LogP contribution in [0.2, 0.25) is 0 Å². The molecule has 2 aromatic carbocycles. The van der Waals surface area contributed by atoms with Gasteiger partial charge in [-0.3, -0.25) is 0 Å². The van der Waals surface area contributed by atoms with Crippen LogP contribution in [0.25, 0.3) is 27.0 Å². The van der Waals surface area contributed by atoms with Gasteiger partial charge in [0.15, 0.2) is 0 Å². The van der Waals surface area contributed by atoms with Gasteiger partial charge in [0.05, 0.1) is 5.38 Å². The average Bonchev–Trinajstić information content (AvgIpc) is 2.92. The maximum absolute atomic E-state index is 2.34. The molecule has 0 saturated carbocycles. The van der Waals surface area contributed by atoms with Crippen molar-refractivity contribution in [1.82, 2.24) is 0 Å². The molecule has 0 amide bonds. The molecule has 0 saturated heterocycles. The molecule has 90 valence electrons. The standard InChI is InChI=1S/C17H12NS/c1-2-6-13(7-3-1)16-12-19-17-11-10-14-8-4-5-9-15(14)18(16)17/h1-12H/q+1. The lowest BCUT2D eigenvalue weighted by Gasteiger charge is -1.97. The van der Waals surface area contributed by atoms with Crippen LogP contribution >= 0.6 is 11.3 Å². The van der Waals surface area contributed by atoms with Gasteiger partial charge in [-0.05, 0) is 24.3 Å². The van der Waals surface area contributed by atoms with Crippen LogP contribution in [0.4, 0.5) is 0 Å². The van der Waals surface area contributed by atoms with E-state index in [0.717, 1.165) is 0 Å². The molecule has 1 nitrogen and oxygen atoms in total. The first-order valence-corrected chi connectivity index (χ1v) is 7.18. The van der Waals surface area contributed by atoms with E-state index in [4.69, 9.17) is 0 Å². The van der Waals surface area contributed by atoms with Gasteiger partial charge in [-0.1, -0.05) is 41.7 Å². The van der Waals surface area contributed by atoms with Gasteiger partial charge in [-0.25, -0.2) is 0 Å². The summed E-state index contributed by atoms with van der Waals surface area (Å²) in [5.74, 6) is 0. The molecular formula is C17H12NS+. The number of rotatable bonds is 1. The minimum Gasteiger partial charge on any atom is -0.143 e. The Morgan fingerprint density at radius 2 is 1.53 bits per heavy atom. The minimum atomic E-state index is 1.26. The second-order valence-corrected chi connectivity index (χ2v) is 5.44. The molecule has 4 aromatic rings. The molecule has 2 heteroatoms. The van der Waals surface area contributed by atoms with Crippen molar-refractivity contribution in [1.29, 1.82) is 0 Å². The number of hydrogen-bond acceptors (Lipinski definition) is 1. The summed E-state index contributed by atoms with van der Waals surface area (Å²) in [5.41, 5.74) is 3.78. The maximum Gasteiger partial charge on any atom is 0.268 e. The van der Waals surface area contributed by atoms with Crippen LogP contribution in [-0.2, 0) is 0 Å². The van der Waals surface area contributed by atoms with E-state index in [0.29, 0.717) is 0 Å². The molecule has 0 unspecified atom stereocenters. The fourth-order valence-corrected chi connectivity index (χ4v) is 3.42. The summed E-state index contributed by atoms with van der Waals surface area (Å²) in [6.45, 7) is 0. The van der Waals surface area contributed by atoms with Crippen molar-refractivity contribution in [3.63, 3.8) is 0 Å². The van der Waals surface area contributed by atoms with Crippen molar-refractivity contribution in [3.05, 3.63) is 72.1 Å². The SMILES string of the molecule is c1ccc(-c2csc3ccc4ccccc4[n+]23)cc1. The summed E-state index contributed by atoms with van der Waals surface area (Å²) >= 11 is 1.79. The highest BCUT2D eigenvalue weighted by Crippen LogP contribution is 2.23. The Labute approximate surface area is 115 Å². The van der Waals surface area contributed by atoms with Crippen molar-refractivity contribution in [2.45, 2.75) is 0 Å². The van der Waals surface area contributed by atoms with E-state index in [2.05, 4.69) is 76.5 Å². The molecule has 0 fully saturated rings. The Balaban J connectivity index is 2.15. The number of benzene rings is 2. The summed E-state index contributed by atoms with van der Waals surface area (Å²) in [5, 5.41) is 3.51. The highest BCUT2D eigenvalue weighted by molar-refractivity contribution is 7.15. The van der Waals surface area contributed by atoms with Gasteiger partial charge in [-0.2, -0.15) is 0 Å². The van der Waals surface area contributed by atoms with Gasteiger partial charge in [-0.15, -0.1) is 4.40 Å². The van der Waals surface area contributed by atoms with E-state index in [1.54, 1.807) is 11.3 Å². The van der Waals surface area contributed by atoms with Crippen molar-refractivity contribution in [3.8, 4) is 11.3 Å². The van der Waals surface area contributed by atoms with Crippen LogP contribution in [-0.4, -0.2) is 0 Å². The highest BCUT2D eigenvalue weighted by atomic mass is 32.1. The molecule has 19 heavy (non-hydrogen) atoms. The van der Waals surface area contributed by atoms with E-state index >= 15 is 0 Å². The van der Waals surface area contributed by atoms with Gasteiger partial charge in [0.25, 0.3) is 4.83 Å². The van der Waals surface area contributed by atoms with E-state index in [1.165, 1.54) is 27.0 Å². The number of para-hydroxylation sites is 1. The van der Waals surface area contributed by atoms with E-state index < -0.39 is 0 Å². The highest BCUT2D eigenvalue weighted by Gasteiger charge is 2.18. The van der Waals surface area contributed by atoms with Crippen LogP contribution in [0.1, 0.15) is 0 Å². The van der Waals surface area contributed by atoms with Crippen molar-refractivity contribution >= 4 is 27.1 Å². The normalized spacial score (nSPS) is 11.2. The van der Waals surface area contributed by atoms with Crippen LogP contribution in [0, 0.1) is 0 Å². The molecular weight excluding hydrogens is 250 g/mol. The molecule has 0 atom stereocenters. The molecule has 0 aliphatic carbocycles. The summed E-state index contributed by atoms with van der Waals surface area (Å²) in [7, 11) is 0. The minimum absolute atomic E-state index is 1.26. The number of nitrogens with zero attached hydrogens (tertiary/aromatic N) is 1. The van der Waals surface area contributed by atoms with Crippen LogP contribution in [0.3, 0.4) is 0 Å². The predicted octanol–water partition coefficient (Wildman–Crippen LogP) is 4.31. The average molecular weight is 262 g/mol. The second kappa shape index (κ2) is 4.18. The number of aromatic nitrogens is 1. The van der Waals surface area contributed by atoms with Gasteiger partial charge < -0.3 is 0 Å². The van der Waals surface area contributed by atoms with E-state index in [9.17, 15) is 0 Å². The number of hydrogen-bond donors (Lipinski definition) is 0. The summed E-state index contributed by atoms with van der Waals surface area (Å²) < 4.78 is 2.34. The zero-order valence-corrected chi connectivity index (χ0v) is 11.1. The quantitative estimate of drug-likeness (QED) is 0.450. The topological polar surface area (TPSA) is 4.10 Å². The first-order valence-electron chi connectivity index (χ1n) is 6.30. The van der Waals surface area contributed by atoms with Crippen LogP contribution < -0.4 is 4.40 Å². The van der Waals surface area contributed by atoms with Gasteiger partial charge in [0.1, 0.15) is 0 Å². The Kier molecular flexibility index (Phi) is 2.35. The fourth-order valence-electron chi connectivity index (χ4n) is 2.50. The maximum atomic E-state index is 2.34. The first-order chi connectivity index (χ1) is 9.43. The van der Waals surface area contributed by atoms with Crippen molar-refractivity contribution in [2.24, 2.45) is 0 Å². The molecule has 2 heterocycles. The van der Waals surface area contributed by atoms with Crippen LogP contribution in [0.15, 0.2) is 72.1 Å². The lowest BCUT2D eigenvalue weighted by atomic mass is 10.1. The van der Waals surface area contributed by atoms with Crippen molar-refractivity contribution in [2.75, 3.05) is 0 Å². The number of pyridine rings is 1. The molecule has 4 rings (SSSR count). The third kappa shape index (κ3) is 1.65. The Hall–Kier alpha value is -2.19. The van der Waals surface area contributed by atoms with Crippen molar-refractivity contribution < 1.29 is 4.40 Å². The molecule has 0 radical (unpaired) electrons. The second-order valence-electron chi connectivity index (χ2n) is 4.55. The molecule has 0 aliphatic rings.